The van der Waals surface area contributed by atoms with Crippen LogP contribution in [-0.2, 0) is 4.79 Å². The molecular formula is C16H17NO4. The van der Waals surface area contributed by atoms with Gasteiger partial charge >= 0.3 is 5.97 Å². The third kappa shape index (κ3) is 4.05. The molecule has 0 bridgehead atoms. The van der Waals surface area contributed by atoms with Crippen LogP contribution in [0, 0.1) is 0 Å². The average Bonchev–Trinajstić information content (AvgIpc) is 2.47. The van der Waals surface area contributed by atoms with E-state index in [9.17, 15) is 15.0 Å². The van der Waals surface area contributed by atoms with Gasteiger partial charge in [-0.2, -0.15) is 0 Å². The van der Waals surface area contributed by atoms with Gasteiger partial charge in [-0.1, -0.05) is 36.4 Å². The Labute approximate surface area is 122 Å². The molecule has 0 spiro atoms. The number of hydrogen-bond donors (Lipinski definition) is 4. The first-order valence-corrected chi connectivity index (χ1v) is 6.57. The first-order chi connectivity index (χ1) is 10.1. The fourth-order valence-electron chi connectivity index (χ4n) is 2.04. The van der Waals surface area contributed by atoms with Gasteiger partial charge in [0.1, 0.15) is 6.10 Å². The van der Waals surface area contributed by atoms with Gasteiger partial charge in [0, 0.05) is 16.9 Å². The number of anilines is 2. The molecule has 2 aromatic carbocycles. The predicted molar refractivity (Wildman–Crippen MR) is 79.4 cm³/mol. The zero-order chi connectivity index (χ0) is 15.2. The Bertz CT molecular complexity index is 600. The van der Waals surface area contributed by atoms with Gasteiger partial charge < -0.3 is 20.6 Å². The van der Waals surface area contributed by atoms with Gasteiger partial charge in [-0.15, -0.1) is 0 Å². The van der Waals surface area contributed by atoms with Crippen molar-refractivity contribution in [2.75, 3.05) is 5.32 Å². The molecule has 0 aliphatic carbocycles. The number of aliphatic hydroxyl groups is 2. The lowest BCUT2D eigenvalue weighted by atomic mass is 10.00. The highest BCUT2D eigenvalue weighted by molar-refractivity contribution is 5.68. The highest BCUT2D eigenvalue weighted by Crippen LogP contribution is 2.28. The van der Waals surface area contributed by atoms with E-state index >= 15 is 0 Å². The third-order valence-electron chi connectivity index (χ3n) is 3.08. The van der Waals surface area contributed by atoms with Crippen LogP contribution in [0.15, 0.2) is 54.6 Å². The monoisotopic (exact) mass is 287 g/mol. The molecule has 4 N–H and O–H groups in total. The zero-order valence-corrected chi connectivity index (χ0v) is 11.3. The van der Waals surface area contributed by atoms with Crippen molar-refractivity contribution >= 4 is 17.3 Å². The summed E-state index contributed by atoms with van der Waals surface area (Å²) in [6.07, 6.45) is -3.14. The van der Waals surface area contributed by atoms with Crippen molar-refractivity contribution in [3.63, 3.8) is 0 Å². The molecule has 0 fully saturated rings. The van der Waals surface area contributed by atoms with Crippen LogP contribution >= 0.6 is 0 Å². The van der Waals surface area contributed by atoms with Gasteiger partial charge in [-0.05, 0) is 18.2 Å². The van der Waals surface area contributed by atoms with Gasteiger partial charge in [0.15, 0.2) is 0 Å². The first-order valence-electron chi connectivity index (χ1n) is 6.57. The molecule has 21 heavy (non-hydrogen) atoms. The van der Waals surface area contributed by atoms with E-state index in [1.807, 2.05) is 30.3 Å². The fraction of sp³-hybridized carbons (Fsp3) is 0.188. The molecule has 110 valence electrons. The average molecular weight is 287 g/mol. The maximum absolute atomic E-state index is 10.6. The minimum absolute atomic E-state index is 0.454. The number of aliphatic carboxylic acids is 1. The summed E-state index contributed by atoms with van der Waals surface area (Å²) in [4.78, 5) is 10.6. The Balaban J connectivity index is 2.22. The Kier molecular flexibility index (Phi) is 4.92. The number of benzene rings is 2. The van der Waals surface area contributed by atoms with E-state index in [2.05, 4.69) is 5.32 Å². The molecule has 0 saturated heterocycles. The van der Waals surface area contributed by atoms with E-state index in [4.69, 9.17) is 5.11 Å². The van der Waals surface area contributed by atoms with Crippen LogP contribution in [0.4, 0.5) is 11.4 Å². The number of nitrogens with one attached hydrogen (secondary N) is 1. The summed E-state index contributed by atoms with van der Waals surface area (Å²) in [5.41, 5.74) is 1.92. The minimum atomic E-state index is -1.36. The second-order valence-corrected chi connectivity index (χ2v) is 4.69. The van der Waals surface area contributed by atoms with Crippen LogP contribution < -0.4 is 5.32 Å². The molecule has 0 saturated carbocycles. The van der Waals surface area contributed by atoms with Crippen LogP contribution in [-0.4, -0.2) is 27.4 Å². The summed E-state index contributed by atoms with van der Waals surface area (Å²) in [7, 11) is 0. The Morgan fingerprint density at radius 2 is 1.62 bits per heavy atom. The number of rotatable bonds is 6. The van der Waals surface area contributed by atoms with E-state index in [1.165, 1.54) is 0 Å². The SMILES string of the molecule is O=C(O)CC(O)C(O)c1ccccc1Nc1ccccc1. The van der Waals surface area contributed by atoms with Crippen molar-refractivity contribution in [2.45, 2.75) is 18.6 Å². The van der Waals surface area contributed by atoms with Crippen LogP contribution in [0.5, 0.6) is 0 Å². The maximum Gasteiger partial charge on any atom is 0.306 e. The van der Waals surface area contributed by atoms with Crippen LogP contribution in [0.25, 0.3) is 0 Å². The van der Waals surface area contributed by atoms with E-state index in [1.54, 1.807) is 24.3 Å². The maximum atomic E-state index is 10.6. The number of carbonyl (C=O) groups is 1. The topological polar surface area (TPSA) is 89.8 Å². The number of aliphatic hydroxyl groups excluding tert-OH is 2. The molecule has 5 heteroatoms. The molecule has 0 aliphatic rings. The Morgan fingerprint density at radius 3 is 2.29 bits per heavy atom. The highest BCUT2D eigenvalue weighted by atomic mass is 16.4. The third-order valence-corrected chi connectivity index (χ3v) is 3.08. The van der Waals surface area contributed by atoms with Gasteiger partial charge in [0.2, 0.25) is 0 Å². The van der Waals surface area contributed by atoms with Crippen molar-refractivity contribution in [1.82, 2.24) is 0 Å². The van der Waals surface area contributed by atoms with Crippen LogP contribution in [0.1, 0.15) is 18.1 Å². The van der Waals surface area contributed by atoms with E-state index in [0.717, 1.165) is 5.69 Å². The Hall–Kier alpha value is -2.37. The summed E-state index contributed by atoms with van der Waals surface area (Å²) in [5.74, 6) is -1.16. The lowest BCUT2D eigenvalue weighted by Gasteiger charge is -2.20. The predicted octanol–water partition coefficient (Wildman–Crippen LogP) is 2.30. The molecule has 0 radical (unpaired) electrons. The zero-order valence-electron chi connectivity index (χ0n) is 11.3. The molecule has 0 aromatic heterocycles. The van der Waals surface area contributed by atoms with Gasteiger partial charge in [-0.25, -0.2) is 0 Å². The molecule has 2 unspecified atom stereocenters. The largest absolute Gasteiger partial charge is 0.481 e. The number of hydrogen-bond acceptors (Lipinski definition) is 4. The smallest absolute Gasteiger partial charge is 0.306 e. The second-order valence-electron chi connectivity index (χ2n) is 4.69. The van der Waals surface area contributed by atoms with Crippen molar-refractivity contribution in [3.05, 3.63) is 60.2 Å². The van der Waals surface area contributed by atoms with Gasteiger partial charge in [0.25, 0.3) is 0 Å². The summed E-state index contributed by atoms with van der Waals surface area (Å²) in [6.45, 7) is 0. The van der Waals surface area contributed by atoms with Crippen LogP contribution in [0.2, 0.25) is 0 Å². The fourth-order valence-corrected chi connectivity index (χ4v) is 2.04. The first kappa shape index (κ1) is 15.0. The normalized spacial score (nSPS) is 13.4. The summed E-state index contributed by atoms with van der Waals surface area (Å²) in [6, 6.07) is 16.3. The van der Waals surface area contributed by atoms with Gasteiger partial charge in [0.05, 0.1) is 12.5 Å². The lowest BCUT2D eigenvalue weighted by Crippen LogP contribution is -2.22. The van der Waals surface area contributed by atoms with E-state index in [0.29, 0.717) is 11.3 Å². The molecular weight excluding hydrogens is 270 g/mol. The highest BCUT2D eigenvalue weighted by Gasteiger charge is 2.23. The standard InChI is InChI=1S/C16H17NO4/c18-14(10-15(19)20)16(21)12-8-4-5-9-13(12)17-11-6-2-1-3-7-11/h1-9,14,16-18,21H,10H2,(H,19,20). The molecule has 0 aliphatic heterocycles. The van der Waals surface area contributed by atoms with Crippen LogP contribution in [0.3, 0.4) is 0 Å². The minimum Gasteiger partial charge on any atom is -0.481 e. The second kappa shape index (κ2) is 6.88. The Morgan fingerprint density at radius 1 is 1.00 bits per heavy atom. The molecule has 2 rings (SSSR count). The molecule has 0 amide bonds. The summed E-state index contributed by atoms with van der Waals surface area (Å²) in [5, 5.41) is 31.8. The lowest BCUT2D eigenvalue weighted by molar-refractivity contribution is -0.141. The van der Waals surface area contributed by atoms with Gasteiger partial charge in [-0.3, -0.25) is 4.79 Å². The quantitative estimate of drug-likeness (QED) is 0.654. The summed E-state index contributed by atoms with van der Waals surface area (Å²) < 4.78 is 0. The van der Waals surface area contributed by atoms with Crippen molar-refractivity contribution in [1.29, 1.82) is 0 Å². The van der Waals surface area contributed by atoms with E-state index < -0.39 is 24.6 Å². The number of carboxylic acids is 1. The van der Waals surface area contributed by atoms with Crippen molar-refractivity contribution < 1.29 is 20.1 Å². The molecule has 5 nitrogen and oxygen atoms in total. The van der Waals surface area contributed by atoms with Crippen molar-refractivity contribution in [2.24, 2.45) is 0 Å². The molecule has 2 atom stereocenters. The van der Waals surface area contributed by atoms with Crippen molar-refractivity contribution in [3.8, 4) is 0 Å². The number of carboxylic acid groups (broad SMARTS) is 1. The van der Waals surface area contributed by atoms with E-state index in [-0.39, 0.29) is 0 Å². The summed E-state index contributed by atoms with van der Waals surface area (Å²) >= 11 is 0. The molecule has 0 heterocycles. The number of para-hydroxylation sites is 2. The molecule has 2 aromatic rings.